The highest BCUT2D eigenvalue weighted by molar-refractivity contribution is 9.09. The van der Waals surface area contributed by atoms with E-state index in [1.54, 1.807) is 6.08 Å². The normalized spacial score (nSPS) is 11.4. The van der Waals surface area contributed by atoms with Crippen LogP contribution in [-0.2, 0) is 0 Å². The molecule has 0 bridgehead atoms. The summed E-state index contributed by atoms with van der Waals surface area (Å²) in [6.45, 7) is 0. The highest BCUT2D eigenvalue weighted by Crippen LogP contribution is 2.02. The lowest BCUT2D eigenvalue weighted by Gasteiger charge is -1.83. The lowest BCUT2D eigenvalue weighted by Crippen LogP contribution is -1.74. The molecule has 0 aromatic carbocycles. The summed E-state index contributed by atoms with van der Waals surface area (Å²) in [6.07, 6.45) is 3.56. The minimum absolute atomic E-state index is 0.363. The fourth-order valence-electron chi connectivity index (χ4n) is 0.154. The first-order valence-electron chi connectivity index (χ1n) is 1.78. The molecule has 0 amide bonds. The summed E-state index contributed by atoms with van der Waals surface area (Å²) in [7, 11) is 0. The average Bonchev–Trinajstić information content (AvgIpc) is 1.61. The van der Waals surface area contributed by atoms with E-state index in [1.165, 1.54) is 0 Å². The zero-order valence-electron chi connectivity index (χ0n) is 3.57. The van der Waals surface area contributed by atoms with Gasteiger partial charge in [0.1, 0.15) is 4.84 Å². The third-order valence-electron chi connectivity index (χ3n) is 0.371. The SMILES string of the molecule is ClC(Cl)/C=C/CBr. The average molecular weight is 204 g/mol. The van der Waals surface area contributed by atoms with Gasteiger partial charge in [-0.15, -0.1) is 23.2 Å². The standard InChI is InChI=1S/C4H5BrCl2/c5-3-1-2-4(6)7/h1-2,4H,3H2/b2-1+. The summed E-state index contributed by atoms with van der Waals surface area (Å²) in [6, 6.07) is 0. The van der Waals surface area contributed by atoms with Gasteiger partial charge in [0.15, 0.2) is 0 Å². The van der Waals surface area contributed by atoms with E-state index in [0.717, 1.165) is 5.33 Å². The summed E-state index contributed by atoms with van der Waals surface area (Å²) >= 11 is 13.8. The molecule has 42 valence electrons. The van der Waals surface area contributed by atoms with E-state index >= 15 is 0 Å². The third kappa shape index (κ3) is 6.80. The minimum Gasteiger partial charge on any atom is -0.101 e. The van der Waals surface area contributed by atoms with Crippen molar-refractivity contribution in [2.75, 3.05) is 5.33 Å². The van der Waals surface area contributed by atoms with Gasteiger partial charge in [-0.2, -0.15) is 0 Å². The molecule has 0 nitrogen and oxygen atoms in total. The van der Waals surface area contributed by atoms with Crippen molar-refractivity contribution in [3.63, 3.8) is 0 Å². The van der Waals surface area contributed by atoms with Crippen LogP contribution in [0.3, 0.4) is 0 Å². The van der Waals surface area contributed by atoms with Crippen molar-refractivity contribution in [1.29, 1.82) is 0 Å². The van der Waals surface area contributed by atoms with Gasteiger partial charge in [-0.1, -0.05) is 28.1 Å². The second-order valence-electron chi connectivity index (χ2n) is 0.917. The van der Waals surface area contributed by atoms with Gasteiger partial charge in [0, 0.05) is 5.33 Å². The Morgan fingerprint density at radius 2 is 2.14 bits per heavy atom. The Bertz CT molecular complexity index is 60.7. The van der Waals surface area contributed by atoms with Crippen LogP contribution in [-0.4, -0.2) is 10.2 Å². The second kappa shape index (κ2) is 4.95. The van der Waals surface area contributed by atoms with Crippen LogP contribution in [0.15, 0.2) is 12.2 Å². The summed E-state index contributed by atoms with van der Waals surface area (Å²) in [5.41, 5.74) is 0. The fourth-order valence-corrected chi connectivity index (χ4v) is 0.576. The zero-order chi connectivity index (χ0) is 5.70. The van der Waals surface area contributed by atoms with Crippen molar-refractivity contribution in [2.24, 2.45) is 0 Å². The van der Waals surface area contributed by atoms with Crippen LogP contribution in [0.2, 0.25) is 0 Å². The number of halogens is 3. The second-order valence-corrected chi connectivity index (χ2v) is 2.73. The van der Waals surface area contributed by atoms with Crippen molar-refractivity contribution in [1.82, 2.24) is 0 Å². The van der Waals surface area contributed by atoms with Crippen molar-refractivity contribution >= 4 is 39.1 Å². The van der Waals surface area contributed by atoms with Gasteiger partial charge < -0.3 is 0 Å². The molecule has 3 heteroatoms. The summed E-state index contributed by atoms with van der Waals surface area (Å²) < 4.78 is 0. The topological polar surface area (TPSA) is 0 Å². The molecule has 7 heavy (non-hydrogen) atoms. The molecule has 0 spiro atoms. The first-order valence-corrected chi connectivity index (χ1v) is 3.77. The molecule has 0 aromatic rings. The molecule has 0 N–H and O–H groups in total. The molecule has 0 aliphatic rings. The molecule has 0 aromatic heterocycles. The van der Waals surface area contributed by atoms with Gasteiger partial charge in [-0.05, 0) is 0 Å². The van der Waals surface area contributed by atoms with Crippen LogP contribution in [0, 0.1) is 0 Å². The van der Waals surface area contributed by atoms with Crippen LogP contribution in [0.25, 0.3) is 0 Å². The molecule has 0 aliphatic heterocycles. The number of alkyl halides is 3. The number of hydrogen-bond acceptors (Lipinski definition) is 0. The Balaban J connectivity index is 3.08. The Morgan fingerprint density at radius 3 is 2.29 bits per heavy atom. The predicted octanol–water partition coefficient (Wildman–Crippen LogP) is 2.74. The van der Waals surface area contributed by atoms with Crippen molar-refractivity contribution in [3.8, 4) is 0 Å². The molecule has 0 saturated carbocycles. The van der Waals surface area contributed by atoms with E-state index in [1.807, 2.05) is 6.08 Å². The molecule has 0 saturated heterocycles. The quantitative estimate of drug-likeness (QED) is 0.479. The lowest BCUT2D eigenvalue weighted by atomic mass is 10.6. The van der Waals surface area contributed by atoms with Gasteiger partial charge >= 0.3 is 0 Å². The Labute approximate surface area is 61.6 Å². The molecule has 0 heterocycles. The van der Waals surface area contributed by atoms with Gasteiger partial charge in [0.05, 0.1) is 0 Å². The van der Waals surface area contributed by atoms with Crippen LogP contribution >= 0.6 is 39.1 Å². The summed E-state index contributed by atoms with van der Waals surface area (Å²) in [5, 5.41) is 0.808. The smallest absolute Gasteiger partial charge is 0.101 e. The molecule has 0 radical (unpaired) electrons. The van der Waals surface area contributed by atoms with E-state index < -0.39 is 0 Å². The third-order valence-corrected chi connectivity index (χ3v) is 1.04. The van der Waals surface area contributed by atoms with Gasteiger partial charge in [0.2, 0.25) is 0 Å². The molecule has 0 aliphatic carbocycles. The van der Waals surface area contributed by atoms with Crippen LogP contribution < -0.4 is 0 Å². The number of rotatable bonds is 2. The van der Waals surface area contributed by atoms with Crippen LogP contribution in [0.4, 0.5) is 0 Å². The molecule has 0 rings (SSSR count). The van der Waals surface area contributed by atoms with Gasteiger partial charge in [-0.3, -0.25) is 0 Å². The number of hydrogen-bond donors (Lipinski definition) is 0. The van der Waals surface area contributed by atoms with E-state index in [-0.39, 0.29) is 4.84 Å². The van der Waals surface area contributed by atoms with E-state index in [0.29, 0.717) is 0 Å². The maximum Gasteiger partial charge on any atom is 0.125 e. The lowest BCUT2D eigenvalue weighted by molar-refractivity contribution is 1.57. The predicted molar refractivity (Wildman–Crippen MR) is 38.4 cm³/mol. The van der Waals surface area contributed by atoms with Crippen LogP contribution in [0.1, 0.15) is 0 Å². The molecule has 0 fully saturated rings. The van der Waals surface area contributed by atoms with Gasteiger partial charge in [-0.25, -0.2) is 0 Å². The Hall–Kier alpha value is 0.800. The van der Waals surface area contributed by atoms with E-state index in [2.05, 4.69) is 15.9 Å². The fraction of sp³-hybridized carbons (Fsp3) is 0.500. The maximum absolute atomic E-state index is 5.31. The van der Waals surface area contributed by atoms with E-state index in [4.69, 9.17) is 23.2 Å². The highest BCUT2D eigenvalue weighted by Gasteiger charge is 1.84. The van der Waals surface area contributed by atoms with E-state index in [9.17, 15) is 0 Å². The first-order chi connectivity index (χ1) is 3.27. The summed E-state index contributed by atoms with van der Waals surface area (Å²) in [5.74, 6) is 0. The number of allylic oxidation sites excluding steroid dienone is 2. The molecule has 0 unspecified atom stereocenters. The highest BCUT2D eigenvalue weighted by atomic mass is 79.9. The van der Waals surface area contributed by atoms with Crippen LogP contribution in [0.5, 0.6) is 0 Å². The largest absolute Gasteiger partial charge is 0.125 e. The minimum atomic E-state index is -0.363. The van der Waals surface area contributed by atoms with Gasteiger partial charge in [0.25, 0.3) is 0 Å². The maximum atomic E-state index is 5.31. The molecule has 0 atom stereocenters. The first kappa shape index (κ1) is 7.80. The Morgan fingerprint density at radius 1 is 1.57 bits per heavy atom. The molecular formula is C4H5BrCl2. The zero-order valence-corrected chi connectivity index (χ0v) is 6.67. The Kier molecular flexibility index (Phi) is 5.51. The summed E-state index contributed by atoms with van der Waals surface area (Å²) in [4.78, 5) is -0.363. The van der Waals surface area contributed by atoms with Crippen molar-refractivity contribution in [2.45, 2.75) is 4.84 Å². The van der Waals surface area contributed by atoms with Crippen molar-refractivity contribution in [3.05, 3.63) is 12.2 Å². The monoisotopic (exact) mass is 202 g/mol. The van der Waals surface area contributed by atoms with Crippen molar-refractivity contribution < 1.29 is 0 Å². The molecular weight excluding hydrogens is 199 g/mol.